The first-order valence-corrected chi connectivity index (χ1v) is 19.8. The van der Waals surface area contributed by atoms with Gasteiger partial charge in [-0.25, -0.2) is 9.69 Å². The van der Waals surface area contributed by atoms with Crippen molar-refractivity contribution in [3.05, 3.63) is 29.8 Å². The van der Waals surface area contributed by atoms with Crippen LogP contribution in [0, 0.1) is 50.7 Å². The molecule has 2 heterocycles. The lowest BCUT2D eigenvalue weighted by atomic mass is 9.42. The van der Waals surface area contributed by atoms with Crippen LogP contribution in [-0.4, -0.2) is 127 Å². The van der Waals surface area contributed by atoms with Crippen LogP contribution in [0.25, 0.3) is 0 Å². The lowest BCUT2D eigenvalue weighted by Gasteiger charge is -2.70. The van der Waals surface area contributed by atoms with Crippen LogP contribution < -0.4 is 18.9 Å². The lowest BCUT2D eigenvalue weighted by molar-refractivity contribution is -1.92. The van der Waals surface area contributed by atoms with Crippen LogP contribution in [0.2, 0.25) is 0 Å². The van der Waals surface area contributed by atoms with Gasteiger partial charge in [0.25, 0.3) is 0 Å². The molecule has 8 rings (SSSR count). The van der Waals surface area contributed by atoms with Crippen LogP contribution in [0.15, 0.2) is 24.3 Å². The van der Waals surface area contributed by atoms with E-state index >= 15 is 0 Å². The van der Waals surface area contributed by atoms with E-state index < -0.39 is 56.3 Å². The lowest BCUT2D eigenvalue weighted by Crippen LogP contribution is -2.82. The summed E-state index contributed by atoms with van der Waals surface area (Å²) < 4.78 is 64.1. The van der Waals surface area contributed by atoms with Crippen LogP contribution in [0.3, 0.4) is 0 Å². The predicted molar refractivity (Wildman–Crippen MR) is 177 cm³/mol. The maximum atomic E-state index is 14.1. The molecule has 300 valence electrons. The molecule has 14 atom stereocenters. The van der Waals surface area contributed by atoms with Crippen molar-refractivity contribution in [1.82, 2.24) is 4.90 Å². The van der Waals surface area contributed by atoms with Gasteiger partial charge in [0.1, 0.15) is 11.2 Å². The van der Waals surface area contributed by atoms with Gasteiger partial charge in [0.05, 0.1) is 63.2 Å². The molecule has 2 aliphatic heterocycles. The van der Waals surface area contributed by atoms with Gasteiger partial charge in [-0.15, -0.1) is 0 Å². The Morgan fingerprint density at radius 1 is 1.04 bits per heavy atom. The third kappa shape index (κ3) is 5.25. The number of imide groups is 1. The monoisotopic (exact) mass is 782 g/mol. The molecule has 7 aliphatic rings. The van der Waals surface area contributed by atoms with E-state index in [1.54, 1.807) is 59.6 Å². The number of esters is 1. The molecule has 5 saturated carbocycles. The van der Waals surface area contributed by atoms with E-state index in [2.05, 4.69) is 11.8 Å². The third-order valence-electron chi connectivity index (χ3n) is 14.5. The highest BCUT2D eigenvalue weighted by Crippen LogP contribution is 2.80. The number of likely N-dealkylation sites (tertiary alicyclic amines) is 1. The summed E-state index contributed by atoms with van der Waals surface area (Å²) in [6.07, 6.45) is 0.813. The Morgan fingerprint density at radius 2 is 1.72 bits per heavy atom. The number of para-hydroxylation sites is 1. The van der Waals surface area contributed by atoms with Crippen LogP contribution in [0.4, 0.5) is 5.69 Å². The number of benzene rings is 1. The summed E-state index contributed by atoms with van der Waals surface area (Å²) in [6.45, 7) is 4.95. The smallest absolute Gasteiger partial charge is 0.340 e. The van der Waals surface area contributed by atoms with Gasteiger partial charge in [-0.2, -0.15) is 14.0 Å². The highest BCUT2D eigenvalue weighted by molar-refractivity contribution is 6.22. The molecule has 5 aliphatic carbocycles. The average molecular weight is 783 g/mol. The molecule has 1 spiro atoms. The van der Waals surface area contributed by atoms with Crippen LogP contribution in [0.5, 0.6) is 0 Å². The first-order valence-electron chi connectivity index (χ1n) is 18.5. The van der Waals surface area contributed by atoms with Gasteiger partial charge in [0, 0.05) is 82.3 Å². The Balaban J connectivity index is 0.000000846. The number of fused-ring (bicyclic) bond motifs is 2. The maximum Gasteiger partial charge on any atom is 0.340 e. The minimum atomic E-state index is -4.69. The highest BCUT2D eigenvalue weighted by atomic mass is 35.7. The van der Waals surface area contributed by atoms with Gasteiger partial charge < -0.3 is 33.9 Å². The van der Waals surface area contributed by atoms with Crippen molar-refractivity contribution in [1.29, 1.82) is 0 Å². The van der Waals surface area contributed by atoms with Crippen molar-refractivity contribution >= 4 is 23.5 Å². The van der Waals surface area contributed by atoms with Crippen molar-refractivity contribution in [3.8, 4) is 0 Å². The van der Waals surface area contributed by atoms with Crippen molar-refractivity contribution in [2.75, 3.05) is 53.0 Å². The second kappa shape index (κ2) is 13.7. The van der Waals surface area contributed by atoms with Crippen LogP contribution in [0.1, 0.15) is 56.3 Å². The molecule has 7 bridgehead atoms. The molecule has 0 aromatic heterocycles. The topological polar surface area (TPSA) is 234 Å². The fourth-order valence-corrected chi connectivity index (χ4v) is 13.2. The Bertz CT molecular complexity index is 1660. The zero-order valence-electron chi connectivity index (χ0n) is 31.3. The molecule has 16 nitrogen and oxygen atoms in total. The standard InChI is InChI=1S/C37H50N2O10.ClHO4/c1-7-38-17-34(18-49-32(42)20-10-8-9-11-23(20)39-26(40)14-19(2)31(39)41)13-12-25(46-4)36-22-15-21-24(45-3)16-35(43,27(22)28(21)47-5)37(44,33(36)38)30(48-6)29(34)36;2-1(3,4)5/h8-11,19,21-22,24-25,27-30,33,43-44H,7,12-18H2,1-6H3;(H,2,3,4,5)/t19-,21+,22+,24-,25-,27+,28-,29-,30-,33?,34-,35+,36-,37+;/m0./s1. The summed E-state index contributed by atoms with van der Waals surface area (Å²) >= 11 is 0. The molecule has 1 aromatic rings. The van der Waals surface area contributed by atoms with Crippen molar-refractivity contribution in [2.45, 2.75) is 87.6 Å². The van der Waals surface area contributed by atoms with Gasteiger partial charge in [0.2, 0.25) is 11.8 Å². The van der Waals surface area contributed by atoms with Gasteiger partial charge in [-0.05, 0) is 43.9 Å². The fraction of sp³-hybridized carbons (Fsp3) is 0.757. The normalized spacial score (nSPS) is 44.6. The zero-order valence-corrected chi connectivity index (χ0v) is 32.1. The van der Waals surface area contributed by atoms with Crippen molar-refractivity contribution < 1.29 is 77.2 Å². The molecule has 2 amide bonds. The number of methoxy groups -OCH3 is 4. The van der Waals surface area contributed by atoms with E-state index in [1.807, 2.05) is 0 Å². The number of piperidine rings is 1. The van der Waals surface area contributed by atoms with E-state index in [0.717, 1.165) is 11.3 Å². The number of ether oxygens (including phenoxy) is 5. The van der Waals surface area contributed by atoms with Gasteiger partial charge >= 0.3 is 5.97 Å². The number of anilines is 1. The number of hydrogen-bond donors (Lipinski definition) is 3. The Hall–Kier alpha value is -2.32. The van der Waals surface area contributed by atoms with E-state index in [4.69, 9.17) is 42.3 Å². The summed E-state index contributed by atoms with van der Waals surface area (Å²) in [5.41, 5.74) is -4.17. The van der Waals surface area contributed by atoms with Crippen molar-refractivity contribution in [2.24, 2.45) is 40.4 Å². The molecule has 1 unspecified atom stereocenters. The summed E-state index contributed by atoms with van der Waals surface area (Å²) in [5, 5.41) is 26.6. The number of carbonyl (C=O) groups is 3. The second-order valence-electron chi connectivity index (χ2n) is 16.3. The fourth-order valence-electron chi connectivity index (χ4n) is 13.2. The molecule has 1 aromatic carbocycles. The minimum Gasteiger partial charge on any atom is -0.461 e. The molecular weight excluding hydrogens is 732 g/mol. The summed E-state index contributed by atoms with van der Waals surface area (Å²) in [5.74, 6) is -2.47. The minimum absolute atomic E-state index is 0.0358. The van der Waals surface area contributed by atoms with E-state index in [9.17, 15) is 24.6 Å². The maximum absolute atomic E-state index is 14.1. The van der Waals surface area contributed by atoms with Crippen LogP contribution >= 0.6 is 0 Å². The number of hydrogen-bond acceptors (Lipinski definition) is 15. The highest BCUT2D eigenvalue weighted by Gasteiger charge is 2.91. The molecule has 7 fully saturated rings. The Labute approximate surface area is 316 Å². The summed E-state index contributed by atoms with van der Waals surface area (Å²) in [6, 6.07) is 6.12. The average Bonchev–Trinajstić information content (AvgIpc) is 3.65. The van der Waals surface area contributed by atoms with Gasteiger partial charge in [0.15, 0.2) is 0 Å². The number of halogens is 1. The molecule has 0 radical (unpaired) electrons. The Morgan fingerprint density at radius 3 is 2.30 bits per heavy atom. The first-order chi connectivity index (χ1) is 25.4. The number of nitrogens with zero attached hydrogens (tertiary/aromatic N) is 2. The predicted octanol–water partition coefficient (Wildman–Crippen LogP) is -2.09. The summed E-state index contributed by atoms with van der Waals surface area (Å²) in [4.78, 5) is 43.3. The number of carbonyl (C=O) groups excluding carboxylic acids is 3. The van der Waals surface area contributed by atoms with Gasteiger partial charge in [-0.3, -0.25) is 14.5 Å². The largest absolute Gasteiger partial charge is 0.461 e. The van der Waals surface area contributed by atoms with Crippen molar-refractivity contribution in [3.63, 3.8) is 0 Å². The zero-order chi connectivity index (χ0) is 39.3. The quantitative estimate of drug-likeness (QED) is 0.180. The Kier molecular flexibility index (Phi) is 10.1. The number of amides is 2. The number of likely N-dealkylation sites (N-methyl/N-ethyl adjacent to an activating group) is 1. The molecule has 54 heavy (non-hydrogen) atoms. The molecule has 3 N–H and O–H groups in total. The first kappa shape index (κ1) is 39.9. The van der Waals surface area contributed by atoms with E-state index in [0.29, 0.717) is 25.9 Å². The van der Waals surface area contributed by atoms with Gasteiger partial charge in [-0.1, -0.05) is 26.0 Å². The second-order valence-corrected chi connectivity index (χ2v) is 17.1. The number of aliphatic hydroxyl groups is 2. The molecule has 17 heteroatoms. The SMILES string of the molecule is CCN1C[C@]2(COC(=O)c3ccccc3N3C(=O)C[C@H](C)C3=O)CC[C@H](OC)[C@]34C1[C@](O)([C@@H](OC)[C@@H]23)[C@@]1(O)C[C@H](OC)[C@H]2C[C@@H]4[C@@H]1[C@H]2OC.[O-][Cl+3]([O-])([O-])O. The van der Waals surface area contributed by atoms with Crippen LogP contribution in [-0.2, 0) is 33.3 Å². The summed E-state index contributed by atoms with van der Waals surface area (Å²) in [7, 11) is 2.01. The van der Waals surface area contributed by atoms with E-state index in [1.165, 1.54) is 0 Å². The van der Waals surface area contributed by atoms with E-state index in [-0.39, 0.29) is 84.5 Å². The molecule has 2 saturated heterocycles. The third-order valence-corrected chi connectivity index (χ3v) is 14.5. The number of rotatable bonds is 9. The molecular formula is C37H51ClN2O14.